The number of nitrogens with zero attached hydrogens (tertiary/aromatic N) is 1. The van der Waals surface area contributed by atoms with E-state index in [1.165, 1.54) is 5.56 Å². The highest BCUT2D eigenvalue weighted by Crippen LogP contribution is 2.12. The molecule has 0 atom stereocenters. The summed E-state index contributed by atoms with van der Waals surface area (Å²) >= 11 is 0. The van der Waals surface area contributed by atoms with E-state index in [-0.39, 0.29) is 0 Å². The summed E-state index contributed by atoms with van der Waals surface area (Å²) in [5.41, 5.74) is 3.54. The van der Waals surface area contributed by atoms with Crippen LogP contribution in [0.4, 0.5) is 5.69 Å². The maximum Gasteiger partial charge on any atom is 0.313 e. The van der Waals surface area contributed by atoms with Gasteiger partial charge in [-0.2, -0.15) is 0 Å². The van der Waals surface area contributed by atoms with E-state index in [9.17, 15) is 9.59 Å². The lowest BCUT2D eigenvalue weighted by atomic mass is 10.1. The minimum absolute atomic E-state index is 0.351. The fraction of sp³-hybridized carbons (Fsp3) is 0.353. The third kappa shape index (κ3) is 4.42. The topological polar surface area (TPSA) is 84.2 Å². The molecule has 2 N–H and O–H groups in total. The van der Waals surface area contributed by atoms with Crippen LogP contribution in [-0.4, -0.2) is 23.5 Å². The highest BCUT2D eigenvalue weighted by atomic mass is 16.5. The van der Waals surface area contributed by atoms with Crippen LogP contribution in [0.1, 0.15) is 29.5 Å². The lowest BCUT2D eigenvalue weighted by Gasteiger charge is -2.07. The van der Waals surface area contributed by atoms with Gasteiger partial charge in [-0.15, -0.1) is 0 Å². The minimum Gasteiger partial charge on any atom is -0.361 e. The molecule has 2 aromatic rings. The molecular weight excluding hydrogens is 294 g/mol. The average Bonchev–Trinajstić information content (AvgIpc) is 2.87. The lowest BCUT2D eigenvalue weighted by Crippen LogP contribution is -2.36. The second-order valence-corrected chi connectivity index (χ2v) is 5.31. The molecule has 23 heavy (non-hydrogen) atoms. The smallest absolute Gasteiger partial charge is 0.313 e. The predicted octanol–water partition coefficient (Wildman–Crippen LogP) is 2.15. The lowest BCUT2D eigenvalue weighted by molar-refractivity contribution is -0.136. The Morgan fingerprint density at radius 2 is 1.83 bits per heavy atom. The number of benzene rings is 1. The molecule has 1 heterocycles. The van der Waals surface area contributed by atoms with Gasteiger partial charge in [0, 0.05) is 17.8 Å². The summed E-state index contributed by atoms with van der Waals surface area (Å²) in [7, 11) is 0. The van der Waals surface area contributed by atoms with Gasteiger partial charge in [0.1, 0.15) is 5.76 Å². The summed E-state index contributed by atoms with van der Waals surface area (Å²) < 4.78 is 5.06. The molecule has 6 heteroatoms. The molecule has 1 aromatic heterocycles. The molecule has 0 aliphatic carbocycles. The molecule has 0 aliphatic heterocycles. The molecular formula is C17H21N3O3. The van der Waals surface area contributed by atoms with E-state index in [0.717, 1.165) is 23.4 Å². The first kappa shape index (κ1) is 16.7. The first-order valence-electron chi connectivity index (χ1n) is 7.61. The Balaban J connectivity index is 1.81. The van der Waals surface area contributed by atoms with E-state index in [1.807, 2.05) is 26.0 Å². The Kier molecular flexibility index (Phi) is 5.51. The van der Waals surface area contributed by atoms with Crippen molar-refractivity contribution < 1.29 is 14.1 Å². The number of rotatable bonds is 5. The van der Waals surface area contributed by atoms with E-state index < -0.39 is 11.8 Å². The maximum absolute atomic E-state index is 11.8. The third-order valence-electron chi connectivity index (χ3n) is 3.67. The number of carbonyl (C=O) groups excluding carboxylic acids is 2. The van der Waals surface area contributed by atoms with Crippen LogP contribution in [0.25, 0.3) is 0 Å². The number of carbonyl (C=O) groups is 2. The van der Waals surface area contributed by atoms with Crippen molar-refractivity contribution in [1.82, 2.24) is 10.5 Å². The van der Waals surface area contributed by atoms with Crippen molar-refractivity contribution in [3.05, 3.63) is 46.8 Å². The number of nitrogens with one attached hydrogen (secondary N) is 2. The summed E-state index contributed by atoms with van der Waals surface area (Å²) in [5.74, 6) is -0.596. The molecule has 2 amide bonds. The largest absolute Gasteiger partial charge is 0.361 e. The molecule has 0 saturated carbocycles. The van der Waals surface area contributed by atoms with E-state index in [4.69, 9.17) is 4.52 Å². The number of aryl methyl sites for hydroxylation is 3. The molecule has 0 bridgehead atoms. The van der Waals surface area contributed by atoms with Crippen LogP contribution in [0.15, 0.2) is 28.8 Å². The van der Waals surface area contributed by atoms with Crippen LogP contribution in [0.2, 0.25) is 0 Å². The standard InChI is InChI=1S/C17H21N3O3/c1-4-13-5-7-14(8-6-13)19-17(22)16(21)18-10-9-15-11(2)20-23-12(15)3/h5-8H,4,9-10H2,1-3H3,(H,18,21)(H,19,22). The van der Waals surface area contributed by atoms with E-state index in [0.29, 0.717) is 18.7 Å². The summed E-state index contributed by atoms with van der Waals surface area (Å²) in [6.45, 7) is 6.08. The Hall–Kier alpha value is -2.63. The molecule has 6 nitrogen and oxygen atoms in total. The summed E-state index contributed by atoms with van der Waals surface area (Å²) in [6.07, 6.45) is 1.50. The summed E-state index contributed by atoms with van der Waals surface area (Å²) in [5, 5.41) is 9.03. The van der Waals surface area contributed by atoms with Gasteiger partial charge in [-0.25, -0.2) is 0 Å². The van der Waals surface area contributed by atoms with Crippen LogP contribution in [0, 0.1) is 13.8 Å². The zero-order chi connectivity index (χ0) is 16.8. The van der Waals surface area contributed by atoms with Crippen molar-refractivity contribution in [1.29, 1.82) is 0 Å². The Morgan fingerprint density at radius 3 is 2.39 bits per heavy atom. The molecule has 0 fully saturated rings. The highest BCUT2D eigenvalue weighted by molar-refractivity contribution is 6.39. The molecule has 122 valence electrons. The monoisotopic (exact) mass is 315 g/mol. The summed E-state index contributed by atoms with van der Waals surface area (Å²) in [4.78, 5) is 23.6. The van der Waals surface area contributed by atoms with Crippen molar-refractivity contribution >= 4 is 17.5 Å². The third-order valence-corrected chi connectivity index (χ3v) is 3.67. The van der Waals surface area contributed by atoms with Crippen LogP contribution in [-0.2, 0) is 22.4 Å². The highest BCUT2D eigenvalue weighted by Gasteiger charge is 2.14. The van der Waals surface area contributed by atoms with Gasteiger partial charge < -0.3 is 15.2 Å². The normalized spacial score (nSPS) is 10.4. The minimum atomic E-state index is -0.673. The SMILES string of the molecule is CCc1ccc(NC(=O)C(=O)NCCc2c(C)noc2C)cc1. The van der Waals surface area contributed by atoms with Crippen LogP contribution < -0.4 is 10.6 Å². The van der Waals surface area contributed by atoms with Gasteiger partial charge in [0.15, 0.2) is 0 Å². The molecule has 0 unspecified atom stereocenters. The van der Waals surface area contributed by atoms with E-state index in [1.54, 1.807) is 12.1 Å². The fourth-order valence-electron chi connectivity index (χ4n) is 2.25. The Bertz CT molecular complexity index is 670. The van der Waals surface area contributed by atoms with E-state index >= 15 is 0 Å². The van der Waals surface area contributed by atoms with Gasteiger partial charge >= 0.3 is 11.8 Å². The van der Waals surface area contributed by atoms with Crippen LogP contribution in [0.3, 0.4) is 0 Å². The van der Waals surface area contributed by atoms with Crippen LogP contribution >= 0.6 is 0 Å². The van der Waals surface area contributed by atoms with Gasteiger partial charge in [-0.05, 0) is 44.4 Å². The second-order valence-electron chi connectivity index (χ2n) is 5.31. The molecule has 0 aliphatic rings. The van der Waals surface area contributed by atoms with Crippen molar-refractivity contribution in [2.45, 2.75) is 33.6 Å². The molecule has 0 radical (unpaired) electrons. The first-order chi connectivity index (χ1) is 11.0. The van der Waals surface area contributed by atoms with E-state index in [2.05, 4.69) is 22.7 Å². The predicted molar refractivity (Wildman–Crippen MR) is 87.1 cm³/mol. The Morgan fingerprint density at radius 1 is 1.13 bits per heavy atom. The number of hydrogen-bond donors (Lipinski definition) is 2. The zero-order valence-electron chi connectivity index (χ0n) is 13.6. The molecule has 2 rings (SSSR count). The number of aromatic nitrogens is 1. The van der Waals surface area contributed by atoms with Gasteiger partial charge in [0.2, 0.25) is 0 Å². The fourth-order valence-corrected chi connectivity index (χ4v) is 2.25. The molecule has 0 saturated heterocycles. The number of amides is 2. The van der Waals surface area contributed by atoms with Crippen molar-refractivity contribution in [3.8, 4) is 0 Å². The van der Waals surface area contributed by atoms with Crippen molar-refractivity contribution in [2.24, 2.45) is 0 Å². The molecule has 1 aromatic carbocycles. The quantitative estimate of drug-likeness (QED) is 0.828. The van der Waals surface area contributed by atoms with Crippen molar-refractivity contribution in [2.75, 3.05) is 11.9 Å². The maximum atomic E-state index is 11.8. The second kappa shape index (κ2) is 7.58. The first-order valence-corrected chi connectivity index (χ1v) is 7.61. The number of hydrogen-bond acceptors (Lipinski definition) is 4. The zero-order valence-corrected chi connectivity index (χ0v) is 13.6. The Labute approximate surface area is 135 Å². The van der Waals surface area contributed by atoms with Gasteiger partial charge in [0.25, 0.3) is 0 Å². The average molecular weight is 315 g/mol. The van der Waals surface area contributed by atoms with Gasteiger partial charge in [-0.3, -0.25) is 9.59 Å². The molecule has 0 spiro atoms. The van der Waals surface area contributed by atoms with Crippen molar-refractivity contribution in [3.63, 3.8) is 0 Å². The van der Waals surface area contributed by atoms with Gasteiger partial charge in [-0.1, -0.05) is 24.2 Å². The number of anilines is 1. The van der Waals surface area contributed by atoms with Gasteiger partial charge in [0.05, 0.1) is 5.69 Å². The summed E-state index contributed by atoms with van der Waals surface area (Å²) in [6, 6.07) is 7.41. The van der Waals surface area contributed by atoms with Crippen LogP contribution in [0.5, 0.6) is 0 Å².